The third-order valence-corrected chi connectivity index (χ3v) is 6.22. The Balaban J connectivity index is 1.51. The Kier molecular flexibility index (Phi) is 7.44. The lowest BCUT2D eigenvalue weighted by Gasteiger charge is -2.29. The molecule has 3 aromatic rings. The minimum Gasteiger partial charge on any atom is -0.500 e. The zero-order chi connectivity index (χ0) is 23.4. The fourth-order valence-electron chi connectivity index (χ4n) is 4.46. The second-order valence-corrected chi connectivity index (χ2v) is 8.42. The van der Waals surface area contributed by atoms with Crippen molar-refractivity contribution in [2.75, 3.05) is 13.1 Å². The van der Waals surface area contributed by atoms with Gasteiger partial charge in [-0.1, -0.05) is 49.7 Å². The van der Waals surface area contributed by atoms with E-state index in [0.29, 0.717) is 22.6 Å². The van der Waals surface area contributed by atoms with Crippen molar-refractivity contribution >= 4 is 7.85 Å². The largest absolute Gasteiger partial charge is 0.500 e. The first-order valence-corrected chi connectivity index (χ1v) is 11.3. The summed E-state index contributed by atoms with van der Waals surface area (Å²) >= 11 is 0. The van der Waals surface area contributed by atoms with Gasteiger partial charge in [-0.25, -0.2) is 8.78 Å². The van der Waals surface area contributed by atoms with Crippen LogP contribution in [-0.4, -0.2) is 21.0 Å². The summed E-state index contributed by atoms with van der Waals surface area (Å²) in [6.07, 6.45) is 4.23. The Hall–Kier alpha value is -2.73. The van der Waals surface area contributed by atoms with E-state index in [1.807, 2.05) is 6.07 Å². The van der Waals surface area contributed by atoms with Crippen molar-refractivity contribution < 1.29 is 22.6 Å². The van der Waals surface area contributed by atoms with Crippen LogP contribution in [0.4, 0.5) is 13.2 Å². The Bertz CT molecular complexity index is 1090. The third kappa shape index (κ3) is 5.11. The van der Waals surface area contributed by atoms with E-state index < -0.39 is 11.6 Å². The topological polar surface area (TPSA) is 18.5 Å². The molecule has 4 rings (SSSR count). The van der Waals surface area contributed by atoms with Gasteiger partial charge in [0.1, 0.15) is 13.7 Å². The predicted molar refractivity (Wildman–Crippen MR) is 125 cm³/mol. The molecule has 2 nitrogen and oxygen atoms in total. The summed E-state index contributed by atoms with van der Waals surface area (Å²) in [6, 6.07) is 14.6. The van der Waals surface area contributed by atoms with Crippen molar-refractivity contribution in [3.63, 3.8) is 0 Å². The van der Waals surface area contributed by atoms with Crippen molar-refractivity contribution in [3.8, 4) is 28.0 Å². The van der Waals surface area contributed by atoms with Gasteiger partial charge in [-0.05, 0) is 60.1 Å². The van der Waals surface area contributed by atoms with Gasteiger partial charge in [0.25, 0.3) is 0 Å². The van der Waals surface area contributed by atoms with E-state index >= 15 is 0 Å². The van der Waals surface area contributed by atoms with Crippen LogP contribution >= 0.6 is 0 Å². The number of halogens is 3. The standard InChI is InChI=1S/C27H26BF3O2/c1-2-3-17-4-12-24(32-15-17)20-9-10-21(23(29)14-20)18-5-7-19(8-6-18)22-11-13-25(33-16-28)27(31)26(22)30/h5-11,13-14,17,24H,2-4,12,15-16H2,1H3. The zero-order valence-corrected chi connectivity index (χ0v) is 18.6. The lowest BCUT2D eigenvalue weighted by Crippen LogP contribution is -2.20. The van der Waals surface area contributed by atoms with Gasteiger partial charge in [-0.2, -0.15) is 4.39 Å². The Labute approximate surface area is 194 Å². The molecule has 1 saturated heterocycles. The molecule has 1 aliphatic rings. The maximum absolute atomic E-state index is 15.0. The second-order valence-electron chi connectivity index (χ2n) is 8.42. The fourth-order valence-corrected chi connectivity index (χ4v) is 4.46. The number of benzene rings is 3. The number of ether oxygens (including phenoxy) is 2. The number of rotatable bonds is 7. The van der Waals surface area contributed by atoms with Crippen LogP contribution in [0.1, 0.15) is 44.3 Å². The highest BCUT2D eigenvalue weighted by Crippen LogP contribution is 2.35. The Morgan fingerprint density at radius 1 is 0.909 bits per heavy atom. The lowest BCUT2D eigenvalue weighted by molar-refractivity contribution is -0.0195. The van der Waals surface area contributed by atoms with Crippen molar-refractivity contribution in [2.45, 2.75) is 38.7 Å². The second kappa shape index (κ2) is 10.5. The lowest BCUT2D eigenvalue weighted by atomic mass is 9.91. The highest BCUT2D eigenvalue weighted by Gasteiger charge is 2.23. The van der Waals surface area contributed by atoms with Crippen LogP contribution in [0.25, 0.3) is 22.3 Å². The predicted octanol–water partition coefficient (Wildman–Crippen LogP) is 7.21. The first kappa shape index (κ1) is 23.4. The Morgan fingerprint density at radius 3 is 2.21 bits per heavy atom. The SMILES string of the molecule is [B]COc1ccc(-c2ccc(-c3ccc(C4CCC(CCC)CO4)cc3F)cc2)c(F)c1F. The average molecular weight is 450 g/mol. The first-order valence-electron chi connectivity index (χ1n) is 11.3. The quantitative estimate of drug-likeness (QED) is 0.354. The van der Waals surface area contributed by atoms with E-state index in [9.17, 15) is 13.2 Å². The van der Waals surface area contributed by atoms with Gasteiger partial charge in [-0.15, -0.1) is 0 Å². The van der Waals surface area contributed by atoms with Gasteiger partial charge < -0.3 is 9.47 Å². The number of hydrogen-bond acceptors (Lipinski definition) is 2. The minimum atomic E-state index is -1.09. The van der Waals surface area contributed by atoms with E-state index in [-0.39, 0.29) is 29.7 Å². The summed E-state index contributed by atoms with van der Waals surface area (Å²) < 4.78 is 54.5. The normalized spacial score (nSPS) is 18.3. The molecule has 0 bridgehead atoms. The molecule has 1 fully saturated rings. The van der Waals surface area contributed by atoms with E-state index in [4.69, 9.17) is 17.3 Å². The average Bonchev–Trinajstić information content (AvgIpc) is 2.83. The van der Waals surface area contributed by atoms with E-state index in [1.54, 1.807) is 36.4 Å². The molecule has 1 heterocycles. The van der Waals surface area contributed by atoms with E-state index in [2.05, 4.69) is 6.92 Å². The molecule has 0 saturated carbocycles. The van der Waals surface area contributed by atoms with E-state index in [0.717, 1.165) is 37.9 Å². The molecule has 6 heteroatoms. The van der Waals surface area contributed by atoms with Crippen LogP contribution in [0, 0.1) is 23.4 Å². The first-order chi connectivity index (χ1) is 16.0. The van der Waals surface area contributed by atoms with Gasteiger partial charge in [0.15, 0.2) is 11.6 Å². The molecule has 2 unspecified atom stereocenters. The van der Waals surface area contributed by atoms with Crippen molar-refractivity contribution in [1.82, 2.24) is 0 Å². The molecule has 1 aliphatic heterocycles. The maximum Gasteiger partial charge on any atom is 0.201 e. The van der Waals surface area contributed by atoms with Gasteiger partial charge in [0.05, 0.1) is 12.7 Å². The molecule has 33 heavy (non-hydrogen) atoms. The molecule has 2 atom stereocenters. The van der Waals surface area contributed by atoms with Crippen LogP contribution in [-0.2, 0) is 4.74 Å². The minimum absolute atomic E-state index is 0.0758. The van der Waals surface area contributed by atoms with Gasteiger partial charge in [-0.3, -0.25) is 0 Å². The number of hydrogen-bond donors (Lipinski definition) is 0. The molecule has 0 aliphatic carbocycles. The summed E-state index contributed by atoms with van der Waals surface area (Å²) in [5, 5.41) is 0. The summed E-state index contributed by atoms with van der Waals surface area (Å²) in [7, 11) is 5.23. The van der Waals surface area contributed by atoms with E-state index in [1.165, 1.54) is 12.1 Å². The molecule has 0 amide bonds. The van der Waals surface area contributed by atoms with Crippen molar-refractivity contribution in [1.29, 1.82) is 0 Å². The molecular formula is C27H26BF3O2. The fraction of sp³-hybridized carbons (Fsp3) is 0.333. The zero-order valence-electron chi connectivity index (χ0n) is 18.6. The van der Waals surface area contributed by atoms with Crippen LogP contribution < -0.4 is 4.74 Å². The smallest absolute Gasteiger partial charge is 0.201 e. The summed E-state index contributed by atoms with van der Waals surface area (Å²) in [5.74, 6) is -2.08. The summed E-state index contributed by atoms with van der Waals surface area (Å²) in [6.45, 7) is 2.65. The molecule has 0 N–H and O–H groups in total. The van der Waals surface area contributed by atoms with Gasteiger partial charge in [0.2, 0.25) is 5.82 Å². The molecule has 2 radical (unpaired) electrons. The van der Waals surface area contributed by atoms with Crippen molar-refractivity contribution in [3.05, 3.63) is 77.6 Å². The van der Waals surface area contributed by atoms with Gasteiger partial charge >= 0.3 is 0 Å². The van der Waals surface area contributed by atoms with Crippen LogP contribution in [0.5, 0.6) is 5.75 Å². The van der Waals surface area contributed by atoms with Gasteiger partial charge in [0, 0.05) is 17.6 Å². The van der Waals surface area contributed by atoms with Crippen molar-refractivity contribution in [2.24, 2.45) is 5.92 Å². The molecule has 3 aromatic carbocycles. The van der Waals surface area contributed by atoms with Crippen LogP contribution in [0.2, 0.25) is 0 Å². The van der Waals surface area contributed by atoms with Crippen LogP contribution in [0.15, 0.2) is 54.6 Å². The molecule has 170 valence electrons. The summed E-state index contributed by atoms with van der Waals surface area (Å²) in [5.41, 5.74) is 2.52. The molecular weight excluding hydrogens is 424 g/mol. The maximum atomic E-state index is 15.0. The van der Waals surface area contributed by atoms with Crippen LogP contribution in [0.3, 0.4) is 0 Å². The highest BCUT2D eigenvalue weighted by molar-refractivity contribution is 6.08. The highest BCUT2D eigenvalue weighted by atomic mass is 19.2. The Morgan fingerprint density at radius 2 is 1.61 bits per heavy atom. The monoisotopic (exact) mass is 450 g/mol. The third-order valence-electron chi connectivity index (χ3n) is 6.22. The molecule has 0 aromatic heterocycles. The summed E-state index contributed by atoms with van der Waals surface area (Å²) in [4.78, 5) is 0. The molecule has 0 spiro atoms.